The van der Waals surface area contributed by atoms with Crippen LogP contribution in [-0.4, -0.2) is 33.2 Å². The minimum absolute atomic E-state index is 0.132. The van der Waals surface area contributed by atoms with Crippen LogP contribution in [0.3, 0.4) is 0 Å². The fourth-order valence-electron chi connectivity index (χ4n) is 2.08. The third-order valence-corrected chi connectivity index (χ3v) is 5.34. The van der Waals surface area contributed by atoms with E-state index < -0.39 is 21.9 Å². The van der Waals surface area contributed by atoms with Crippen LogP contribution < -0.4 is 10.5 Å². The summed E-state index contributed by atoms with van der Waals surface area (Å²) < 4.78 is 45.9. The molecule has 5 nitrogen and oxygen atoms in total. The summed E-state index contributed by atoms with van der Waals surface area (Å²) in [5.41, 5.74) is 5.79. The van der Waals surface area contributed by atoms with Crippen LogP contribution in [0.15, 0.2) is 27.6 Å². The molecule has 0 bridgehead atoms. The Kier molecular flexibility index (Phi) is 4.80. The van der Waals surface area contributed by atoms with E-state index in [-0.39, 0.29) is 21.5 Å². The smallest absolute Gasteiger partial charge is 0.241 e. The molecule has 8 heteroatoms. The summed E-state index contributed by atoms with van der Waals surface area (Å²) in [6.45, 7) is 2.32. The van der Waals surface area contributed by atoms with Gasteiger partial charge in [0.05, 0.1) is 21.5 Å². The highest BCUT2D eigenvalue weighted by atomic mass is 79.9. The number of hydrogen-bond acceptors (Lipinski definition) is 4. The van der Waals surface area contributed by atoms with Crippen LogP contribution in [0.25, 0.3) is 0 Å². The Balaban J connectivity index is 2.16. The Morgan fingerprint density at radius 2 is 2.25 bits per heavy atom. The van der Waals surface area contributed by atoms with E-state index in [1.807, 2.05) is 6.92 Å². The fourth-order valence-corrected chi connectivity index (χ4v) is 3.66. The lowest BCUT2D eigenvalue weighted by Crippen LogP contribution is -2.64. The van der Waals surface area contributed by atoms with Crippen molar-refractivity contribution in [1.29, 1.82) is 0 Å². The molecule has 1 aromatic rings. The molecule has 1 aromatic carbocycles. The number of sulfonamides is 1. The normalized spacial score (nSPS) is 26.3. The minimum atomic E-state index is -3.81. The third-order valence-electron chi connectivity index (χ3n) is 3.24. The highest BCUT2D eigenvalue weighted by molar-refractivity contribution is 9.10. The summed E-state index contributed by atoms with van der Waals surface area (Å²) in [5, 5.41) is 0. The van der Waals surface area contributed by atoms with Gasteiger partial charge in [-0.3, -0.25) is 0 Å². The van der Waals surface area contributed by atoms with Crippen molar-refractivity contribution >= 4 is 26.0 Å². The second kappa shape index (κ2) is 6.07. The zero-order valence-electron chi connectivity index (χ0n) is 10.8. The molecular weight excluding hydrogens is 351 g/mol. The summed E-state index contributed by atoms with van der Waals surface area (Å²) in [6, 6.07) is 2.88. The zero-order valence-corrected chi connectivity index (χ0v) is 13.2. The Morgan fingerprint density at radius 1 is 1.55 bits per heavy atom. The van der Waals surface area contributed by atoms with Gasteiger partial charge < -0.3 is 10.5 Å². The van der Waals surface area contributed by atoms with Crippen LogP contribution >= 0.6 is 15.9 Å². The van der Waals surface area contributed by atoms with Crippen LogP contribution in [0, 0.1) is 5.82 Å². The van der Waals surface area contributed by atoms with E-state index in [9.17, 15) is 12.8 Å². The molecule has 0 aliphatic heterocycles. The SMILES string of the molecule is CCOC1CC(N)C1NS(=O)(=O)c1ccc(Br)c(F)c1. The molecule has 0 aromatic heterocycles. The number of nitrogens with two attached hydrogens (primary N) is 1. The number of benzene rings is 1. The van der Waals surface area contributed by atoms with Gasteiger partial charge in [-0.25, -0.2) is 17.5 Å². The highest BCUT2D eigenvalue weighted by Crippen LogP contribution is 2.25. The maximum absolute atomic E-state index is 13.4. The number of rotatable bonds is 5. The molecular formula is C12H16BrFN2O3S. The zero-order chi connectivity index (χ0) is 14.9. The van der Waals surface area contributed by atoms with Gasteiger partial charge in [0.15, 0.2) is 0 Å². The van der Waals surface area contributed by atoms with Gasteiger partial charge in [-0.05, 0) is 47.5 Å². The van der Waals surface area contributed by atoms with E-state index >= 15 is 0 Å². The molecule has 3 unspecified atom stereocenters. The van der Waals surface area contributed by atoms with E-state index in [2.05, 4.69) is 20.7 Å². The van der Waals surface area contributed by atoms with Gasteiger partial charge in [-0.1, -0.05) is 0 Å². The standard InChI is InChI=1S/C12H16BrFN2O3S/c1-2-19-11-6-10(15)12(11)16-20(17,18)7-3-4-8(13)9(14)5-7/h3-5,10-12,16H,2,6,15H2,1H3. The quantitative estimate of drug-likeness (QED) is 0.824. The van der Waals surface area contributed by atoms with E-state index in [1.54, 1.807) is 0 Å². The maximum atomic E-state index is 13.4. The van der Waals surface area contributed by atoms with Crippen molar-refractivity contribution in [1.82, 2.24) is 4.72 Å². The molecule has 0 heterocycles. The van der Waals surface area contributed by atoms with Crippen molar-refractivity contribution in [2.24, 2.45) is 5.73 Å². The lowest BCUT2D eigenvalue weighted by molar-refractivity contribution is -0.0248. The Bertz CT molecular complexity index is 594. The molecule has 3 atom stereocenters. The molecule has 0 spiro atoms. The Hall–Kier alpha value is -0.540. The topological polar surface area (TPSA) is 81.4 Å². The van der Waals surface area contributed by atoms with Crippen molar-refractivity contribution in [2.45, 2.75) is 36.4 Å². The molecule has 0 saturated heterocycles. The van der Waals surface area contributed by atoms with Crippen LogP contribution in [0.5, 0.6) is 0 Å². The van der Waals surface area contributed by atoms with E-state index in [1.165, 1.54) is 12.1 Å². The van der Waals surface area contributed by atoms with Gasteiger partial charge in [0.2, 0.25) is 10.0 Å². The van der Waals surface area contributed by atoms with Gasteiger partial charge in [0, 0.05) is 12.6 Å². The maximum Gasteiger partial charge on any atom is 0.241 e. The molecule has 1 fully saturated rings. The monoisotopic (exact) mass is 366 g/mol. The van der Waals surface area contributed by atoms with Crippen molar-refractivity contribution in [3.63, 3.8) is 0 Å². The number of hydrogen-bond donors (Lipinski definition) is 2. The average molecular weight is 367 g/mol. The summed E-state index contributed by atoms with van der Waals surface area (Å²) in [4.78, 5) is -0.132. The first-order chi connectivity index (χ1) is 9.35. The molecule has 2 rings (SSSR count). The van der Waals surface area contributed by atoms with Crippen LogP contribution in [0.2, 0.25) is 0 Å². The van der Waals surface area contributed by atoms with Gasteiger partial charge in [0.1, 0.15) is 5.82 Å². The van der Waals surface area contributed by atoms with Crippen molar-refractivity contribution < 1.29 is 17.5 Å². The number of nitrogens with one attached hydrogen (secondary N) is 1. The van der Waals surface area contributed by atoms with Gasteiger partial charge in [0.25, 0.3) is 0 Å². The average Bonchev–Trinajstić information content (AvgIpc) is 2.39. The molecule has 0 radical (unpaired) electrons. The molecule has 1 saturated carbocycles. The summed E-state index contributed by atoms with van der Waals surface area (Å²) >= 11 is 2.98. The highest BCUT2D eigenvalue weighted by Gasteiger charge is 2.42. The summed E-state index contributed by atoms with van der Waals surface area (Å²) in [5.74, 6) is -0.632. The number of halogens is 2. The van der Waals surface area contributed by atoms with E-state index in [0.29, 0.717) is 13.0 Å². The fraction of sp³-hybridized carbons (Fsp3) is 0.500. The molecule has 1 aliphatic rings. The molecule has 112 valence electrons. The second-order valence-electron chi connectivity index (χ2n) is 4.62. The Morgan fingerprint density at radius 3 is 2.80 bits per heavy atom. The predicted octanol–water partition coefficient (Wildman–Crippen LogP) is 1.37. The minimum Gasteiger partial charge on any atom is -0.377 e. The largest absolute Gasteiger partial charge is 0.377 e. The van der Waals surface area contributed by atoms with Crippen molar-refractivity contribution in [3.05, 3.63) is 28.5 Å². The van der Waals surface area contributed by atoms with Gasteiger partial charge >= 0.3 is 0 Å². The number of ether oxygens (including phenoxy) is 1. The first kappa shape index (κ1) is 15.8. The second-order valence-corrected chi connectivity index (χ2v) is 7.18. The van der Waals surface area contributed by atoms with Crippen molar-refractivity contribution in [3.8, 4) is 0 Å². The first-order valence-electron chi connectivity index (χ1n) is 6.19. The molecule has 20 heavy (non-hydrogen) atoms. The third kappa shape index (κ3) is 3.20. The predicted molar refractivity (Wildman–Crippen MR) is 76.2 cm³/mol. The molecule has 0 amide bonds. The van der Waals surface area contributed by atoms with Crippen molar-refractivity contribution in [2.75, 3.05) is 6.61 Å². The lowest BCUT2D eigenvalue weighted by Gasteiger charge is -2.42. The van der Waals surface area contributed by atoms with Gasteiger partial charge in [-0.2, -0.15) is 0 Å². The van der Waals surface area contributed by atoms with E-state index in [4.69, 9.17) is 10.5 Å². The van der Waals surface area contributed by atoms with Gasteiger partial charge in [-0.15, -0.1) is 0 Å². The van der Waals surface area contributed by atoms with E-state index in [0.717, 1.165) is 6.07 Å². The Labute approximate surface area is 125 Å². The molecule has 1 aliphatic carbocycles. The summed E-state index contributed by atoms with van der Waals surface area (Å²) in [7, 11) is -3.81. The van der Waals surface area contributed by atoms with Crippen LogP contribution in [0.1, 0.15) is 13.3 Å². The summed E-state index contributed by atoms with van der Waals surface area (Å²) in [6.07, 6.45) is 0.375. The molecule has 3 N–H and O–H groups in total. The lowest BCUT2D eigenvalue weighted by atomic mass is 9.84. The first-order valence-corrected chi connectivity index (χ1v) is 8.47. The van der Waals surface area contributed by atoms with Crippen LogP contribution in [0.4, 0.5) is 4.39 Å². The van der Waals surface area contributed by atoms with Crippen LogP contribution in [-0.2, 0) is 14.8 Å².